The fourth-order valence-electron chi connectivity index (χ4n) is 3.58. The van der Waals surface area contributed by atoms with Crippen LogP contribution in [0.2, 0.25) is 0 Å². The number of piperidine rings is 1. The molecule has 2 aromatic carbocycles. The SMILES string of the molecule is CCNC(=NCc1ccc(CN(C)C)cc1)N1CCC(Oc2ccccc2)CC1. The van der Waals surface area contributed by atoms with Gasteiger partial charge in [-0.15, -0.1) is 0 Å². The number of ether oxygens (including phenoxy) is 1. The zero-order chi connectivity index (χ0) is 20.5. The lowest BCUT2D eigenvalue weighted by atomic mass is 10.1. The molecule has 1 fully saturated rings. The van der Waals surface area contributed by atoms with Gasteiger partial charge in [-0.1, -0.05) is 42.5 Å². The summed E-state index contributed by atoms with van der Waals surface area (Å²) < 4.78 is 6.12. The molecule has 1 N–H and O–H groups in total. The van der Waals surface area contributed by atoms with E-state index >= 15 is 0 Å². The second-order valence-electron chi connectivity index (χ2n) is 7.84. The fraction of sp³-hybridized carbons (Fsp3) is 0.458. The second kappa shape index (κ2) is 10.9. The Balaban J connectivity index is 1.54. The summed E-state index contributed by atoms with van der Waals surface area (Å²) in [4.78, 5) is 9.43. The first-order valence-electron chi connectivity index (χ1n) is 10.6. The number of para-hydroxylation sites is 1. The lowest BCUT2D eigenvalue weighted by molar-refractivity contribution is 0.129. The van der Waals surface area contributed by atoms with E-state index in [4.69, 9.17) is 9.73 Å². The van der Waals surface area contributed by atoms with Crippen molar-refractivity contribution in [3.8, 4) is 5.75 Å². The van der Waals surface area contributed by atoms with Crippen LogP contribution in [-0.2, 0) is 13.1 Å². The maximum absolute atomic E-state index is 6.12. The monoisotopic (exact) mass is 394 g/mol. The van der Waals surface area contributed by atoms with Gasteiger partial charge in [-0.3, -0.25) is 0 Å². The molecule has 0 aliphatic carbocycles. The Morgan fingerprint density at radius 2 is 1.69 bits per heavy atom. The summed E-state index contributed by atoms with van der Waals surface area (Å²) in [6.07, 6.45) is 2.30. The molecule has 2 aromatic rings. The highest BCUT2D eigenvalue weighted by atomic mass is 16.5. The number of rotatable bonds is 7. The van der Waals surface area contributed by atoms with Crippen molar-refractivity contribution in [1.29, 1.82) is 0 Å². The van der Waals surface area contributed by atoms with E-state index < -0.39 is 0 Å². The quantitative estimate of drug-likeness (QED) is 0.573. The van der Waals surface area contributed by atoms with Crippen LogP contribution >= 0.6 is 0 Å². The number of nitrogens with zero attached hydrogens (tertiary/aromatic N) is 3. The number of likely N-dealkylation sites (tertiary alicyclic amines) is 1. The largest absolute Gasteiger partial charge is 0.490 e. The Hall–Kier alpha value is -2.53. The first-order valence-corrected chi connectivity index (χ1v) is 10.6. The standard InChI is InChI=1S/C24H34N4O/c1-4-25-24(26-18-20-10-12-21(13-11-20)19-27(2)3)28-16-14-23(15-17-28)29-22-8-6-5-7-9-22/h5-13,23H,4,14-19H2,1-3H3,(H,25,26). The zero-order valence-electron chi connectivity index (χ0n) is 18.0. The maximum atomic E-state index is 6.12. The number of hydrogen-bond acceptors (Lipinski definition) is 3. The van der Waals surface area contributed by atoms with Gasteiger partial charge in [0.1, 0.15) is 11.9 Å². The number of nitrogens with one attached hydrogen (secondary N) is 1. The molecule has 1 saturated heterocycles. The topological polar surface area (TPSA) is 40.1 Å². The van der Waals surface area contributed by atoms with E-state index in [-0.39, 0.29) is 6.10 Å². The van der Waals surface area contributed by atoms with Crippen molar-refractivity contribution in [3.05, 3.63) is 65.7 Å². The van der Waals surface area contributed by atoms with E-state index in [1.165, 1.54) is 11.1 Å². The van der Waals surface area contributed by atoms with Gasteiger partial charge in [0.15, 0.2) is 5.96 Å². The minimum absolute atomic E-state index is 0.278. The Bertz CT molecular complexity index is 750. The van der Waals surface area contributed by atoms with Crippen LogP contribution in [0.1, 0.15) is 30.9 Å². The predicted octanol–water partition coefficient (Wildman–Crippen LogP) is 3.76. The van der Waals surface area contributed by atoms with Crippen LogP contribution in [0.3, 0.4) is 0 Å². The molecule has 0 atom stereocenters. The van der Waals surface area contributed by atoms with Gasteiger partial charge < -0.3 is 19.9 Å². The highest BCUT2D eigenvalue weighted by molar-refractivity contribution is 5.80. The van der Waals surface area contributed by atoms with Gasteiger partial charge in [0.2, 0.25) is 0 Å². The highest BCUT2D eigenvalue weighted by Crippen LogP contribution is 2.19. The smallest absolute Gasteiger partial charge is 0.194 e. The lowest BCUT2D eigenvalue weighted by Crippen LogP contribution is -2.47. The van der Waals surface area contributed by atoms with Gasteiger partial charge in [-0.05, 0) is 44.3 Å². The van der Waals surface area contributed by atoms with Crippen LogP contribution in [-0.4, -0.2) is 55.6 Å². The molecule has 0 aromatic heterocycles. The summed E-state index contributed by atoms with van der Waals surface area (Å²) in [6.45, 7) is 6.59. The minimum Gasteiger partial charge on any atom is -0.490 e. The summed E-state index contributed by atoms with van der Waals surface area (Å²) in [5, 5.41) is 3.45. The van der Waals surface area contributed by atoms with Crippen LogP contribution in [0.15, 0.2) is 59.6 Å². The van der Waals surface area contributed by atoms with E-state index in [1.807, 2.05) is 30.3 Å². The van der Waals surface area contributed by atoms with E-state index in [2.05, 4.69) is 60.4 Å². The van der Waals surface area contributed by atoms with E-state index in [0.717, 1.165) is 50.7 Å². The van der Waals surface area contributed by atoms with Crippen LogP contribution in [0.4, 0.5) is 0 Å². The molecule has 1 heterocycles. The summed E-state index contributed by atoms with van der Waals surface area (Å²) in [6, 6.07) is 18.9. The molecule has 0 amide bonds. The Kier molecular flexibility index (Phi) is 7.94. The molecule has 0 saturated carbocycles. The molecule has 0 bridgehead atoms. The van der Waals surface area contributed by atoms with E-state index in [9.17, 15) is 0 Å². The second-order valence-corrected chi connectivity index (χ2v) is 7.84. The summed E-state index contributed by atoms with van der Waals surface area (Å²) in [7, 11) is 4.18. The van der Waals surface area contributed by atoms with Gasteiger partial charge in [0, 0.05) is 39.0 Å². The normalized spacial score (nSPS) is 15.6. The van der Waals surface area contributed by atoms with Crippen LogP contribution in [0.25, 0.3) is 0 Å². The van der Waals surface area contributed by atoms with Crippen molar-refractivity contribution in [1.82, 2.24) is 15.1 Å². The lowest BCUT2D eigenvalue weighted by Gasteiger charge is -2.34. The van der Waals surface area contributed by atoms with Crippen molar-refractivity contribution in [2.75, 3.05) is 33.7 Å². The van der Waals surface area contributed by atoms with Crippen molar-refractivity contribution in [2.45, 2.75) is 39.0 Å². The first-order chi connectivity index (χ1) is 14.1. The molecular formula is C24H34N4O. The molecule has 5 heteroatoms. The molecule has 29 heavy (non-hydrogen) atoms. The molecule has 5 nitrogen and oxygen atoms in total. The van der Waals surface area contributed by atoms with Gasteiger partial charge in [0.05, 0.1) is 6.54 Å². The Morgan fingerprint density at radius 1 is 1.03 bits per heavy atom. The molecule has 0 spiro atoms. The van der Waals surface area contributed by atoms with Gasteiger partial charge in [-0.2, -0.15) is 0 Å². The van der Waals surface area contributed by atoms with E-state index in [0.29, 0.717) is 6.54 Å². The number of guanidine groups is 1. The van der Waals surface area contributed by atoms with Gasteiger partial charge >= 0.3 is 0 Å². The molecule has 1 aliphatic heterocycles. The maximum Gasteiger partial charge on any atom is 0.194 e. The first kappa shape index (κ1) is 21.2. The average molecular weight is 395 g/mol. The minimum atomic E-state index is 0.278. The molecule has 156 valence electrons. The van der Waals surface area contributed by atoms with Crippen LogP contribution in [0, 0.1) is 0 Å². The number of aliphatic imine (C=N–C) groups is 1. The van der Waals surface area contributed by atoms with E-state index in [1.54, 1.807) is 0 Å². The predicted molar refractivity (Wildman–Crippen MR) is 120 cm³/mol. The third kappa shape index (κ3) is 6.79. The summed E-state index contributed by atoms with van der Waals surface area (Å²) in [5.41, 5.74) is 2.57. The van der Waals surface area contributed by atoms with Crippen molar-refractivity contribution in [3.63, 3.8) is 0 Å². The van der Waals surface area contributed by atoms with Gasteiger partial charge in [-0.25, -0.2) is 4.99 Å². The number of hydrogen-bond donors (Lipinski definition) is 1. The van der Waals surface area contributed by atoms with Crippen molar-refractivity contribution < 1.29 is 4.74 Å². The number of benzene rings is 2. The molecule has 0 unspecified atom stereocenters. The van der Waals surface area contributed by atoms with Crippen LogP contribution < -0.4 is 10.1 Å². The zero-order valence-corrected chi connectivity index (χ0v) is 18.0. The van der Waals surface area contributed by atoms with Crippen LogP contribution in [0.5, 0.6) is 5.75 Å². The highest BCUT2D eigenvalue weighted by Gasteiger charge is 2.22. The third-order valence-electron chi connectivity index (χ3n) is 5.06. The summed E-state index contributed by atoms with van der Waals surface area (Å²) >= 11 is 0. The molecule has 0 radical (unpaired) electrons. The molecule has 1 aliphatic rings. The molecule has 3 rings (SSSR count). The summed E-state index contributed by atoms with van der Waals surface area (Å²) in [5.74, 6) is 1.97. The third-order valence-corrected chi connectivity index (χ3v) is 5.06. The van der Waals surface area contributed by atoms with Crippen molar-refractivity contribution in [2.24, 2.45) is 4.99 Å². The average Bonchev–Trinajstić information content (AvgIpc) is 2.73. The molecular weight excluding hydrogens is 360 g/mol. The Labute approximate surface area is 175 Å². The Morgan fingerprint density at radius 3 is 2.31 bits per heavy atom. The fourth-order valence-corrected chi connectivity index (χ4v) is 3.58. The van der Waals surface area contributed by atoms with Gasteiger partial charge in [0.25, 0.3) is 0 Å². The van der Waals surface area contributed by atoms with Crippen molar-refractivity contribution >= 4 is 5.96 Å².